The first kappa shape index (κ1) is 29.6. The molecular weight excluding hydrogens is 570 g/mol. The normalized spacial score (nSPS) is 19.4. The molecule has 0 bridgehead atoms. The molecule has 0 spiro atoms. The largest absolute Gasteiger partial charge is 0.349 e. The minimum absolute atomic E-state index is 0.147. The van der Waals surface area contributed by atoms with Gasteiger partial charge < -0.3 is 14.8 Å². The third kappa shape index (κ3) is 6.53. The Morgan fingerprint density at radius 2 is 1.39 bits per heavy atom. The zero-order valence-electron chi connectivity index (χ0n) is 24.0. The fourth-order valence-corrected chi connectivity index (χ4v) is 6.01. The molecule has 0 radical (unpaired) electrons. The summed E-state index contributed by atoms with van der Waals surface area (Å²) in [6.45, 7) is 4.11. The van der Waals surface area contributed by atoms with Gasteiger partial charge in [-0.2, -0.15) is 0 Å². The lowest BCUT2D eigenvalue weighted by molar-refractivity contribution is -0.113. The number of rotatable bonds is 7. The molecule has 1 N–H and O–H groups in total. The third-order valence-corrected chi connectivity index (χ3v) is 8.31. The number of ketones is 1. The molecule has 1 aliphatic heterocycles. The summed E-state index contributed by atoms with van der Waals surface area (Å²) in [6, 6.07) is 13.6. The molecule has 3 aromatic carbocycles. The van der Waals surface area contributed by atoms with Gasteiger partial charge in [0.15, 0.2) is 29.1 Å². The van der Waals surface area contributed by atoms with Crippen molar-refractivity contribution in [1.29, 1.82) is 0 Å². The maximum absolute atomic E-state index is 13.9. The number of hydrogen-bond acceptors (Lipinski definition) is 3. The summed E-state index contributed by atoms with van der Waals surface area (Å²) < 4.78 is 57.0. The summed E-state index contributed by atoms with van der Waals surface area (Å²) in [4.78, 5) is 29.3. The van der Waals surface area contributed by atoms with Crippen molar-refractivity contribution in [2.24, 2.45) is 0 Å². The maximum atomic E-state index is 13.9. The summed E-state index contributed by atoms with van der Waals surface area (Å²) >= 11 is 0. The van der Waals surface area contributed by atoms with Crippen molar-refractivity contribution in [3.05, 3.63) is 118 Å². The molecule has 9 heteroatoms. The van der Waals surface area contributed by atoms with E-state index < -0.39 is 29.3 Å². The second-order valence-corrected chi connectivity index (χ2v) is 11.4. The minimum Gasteiger partial charge on any atom is -0.349 e. The molecule has 0 atom stereocenters. The number of carbonyl (C=O) groups excluding carboxylic acids is 2. The lowest BCUT2D eigenvalue weighted by Gasteiger charge is -2.27. The summed E-state index contributed by atoms with van der Waals surface area (Å²) in [6.07, 6.45) is 7.72. The van der Waals surface area contributed by atoms with Gasteiger partial charge in [0.05, 0.1) is 0 Å². The first-order valence-electron chi connectivity index (χ1n) is 14.7. The third-order valence-electron chi connectivity index (χ3n) is 8.31. The van der Waals surface area contributed by atoms with Crippen LogP contribution in [0, 0.1) is 23.3 Å². The number of nitrogens with one attached hydrogen (secondary N) is 1. The average molecular weight is 602 g/mol. The first-order valence-corrected chi connectivity index (χ1v) is 14.7. The van der Waals surface area contributed by atoms with Crippen LogP contribution in [0.3, 0.4) is 0 Å². The second kappa shape index (κ2) is 12.6. The number of hydrogen-bond donors (Lipinski definition) is 1. The quantitative estimate of drug-likeness (QED) is 0.185. The molecule has 44 heavy (non-hydrogen) atoms. The predicted octanol–water partition coefficient (Wildman–Crippen LogP) is 6.92. The van der Waals surface area contributed by atoms with Crippen LogP contribution in [0.4, 0.5) is 17.6 Å². The summed E-state index contributed by atoms with van der Waals surface area (Å²) in [5.41, 5.74) is 2.61. The van der Waals surface area contributed by atoms with E-state index in [2.05, 4.69) is 14.8 Å². The molecule has 1 saturated heterocycles. The Kier molecular flexibility index (Phi) is 8.48. The van der Waals surface area contributed by atoms with Crippen molar-refractivity contribution < 1.29 is 27.2 Å². The Hall–Kier alpha value is -4.50. The van der Waals surface area contributed by atoms with Crippen LogP contribution in [0.1, 0.15) is 47.2 Å². The molecule has 5 nitrogen and oxygen atoms in total. The van der Waals surface area contributed by atoms with E-state index in [4.69, 9.17) is 0 Å². The van der Waals surface area contributed by atoms with Gasteiger partial charge in [-0.1, -0.05) is 12.1 Å². The van der Waals surface area contributed by atoms with Crippen molar-refractivity contribution in [3.8, 4) is 0 Å². The number of carbonyl (C=O) groups is 2. The Labute approximate surface area is 252 Å². The van der Waals surface area contributed by atoms with E-state index in [9.17, 15) is 27.2 Å². The Bertz CT molecular complexity index is 1730. The van der Waals surface area contributed by atoms with E-state index in [1.54, 1.807) is 6.07 Å². The molecule has 4 aromatic rings. The van der Waals surface area contributed by atoms with E-state index in [1.165, 1.54) is 37.1 Å². The Balaban J connectivity index is 1.24. The van der Waals surface area contributed by atoms with Crippen LogP contribution in [-0.2, 0) is 11.3 Å². The molecule has 2 heterocycles. The van der Waals surface area contributed by atoms with Gasteiger partial charge in [0.1, 0.15) is 0 Å². The number of fused-ring (bicyclic) bond motifs is 1. The highest BCUT2D eigenvalue weighted by Crippen LogP contribution is 2.30. The lowest BCUT2D eigenvalue weighted by Crippen LogP contribution is -2.39. The van der Waals surface area contributed by atoms with Crippen molar-refractivity contribution >= 4 is 34.7 Å². The van der Waals surface area contributed by atoms with E-state index >= 15 is 0 Å². The number of benzene rings is 3. The van der Waals surface area contributed by atoms with Gasteiger partial charge in [-0.15, -0.1) is 0 Å². The Morgan fingerprint density at radius 3 is 1.98 bits per heavy atom. The zero-order chi connectivity index (χ0) is 30.8. The highest BCUT2D eigenvalue weighted by molar-refractivity contribution is 6.14. The molecule has 226 valence electrons. The maximum Gasteiger partial charge on any atom is 0.251 e. The average Bonchev–Trinajstić information content (AvgIpc) is 3.68. The number of halogens is 4. The first-order chi connectivity index (χ1) is 21.2. The lowest BCUT2D eigenvalue weighted by atomic mass is 9.83. The predicted molar refractivity (Wildman–Crippen MR) is 162 cm³/mol. The fraction of sp³-hybridized carbons (Fsp3) is 0.257. The van der Waals surface area contributed by atoms with E-state index in [0.29, 0.717) is 5.56 Å². The standard InChI is InChI=1S/C35H31F4N3O2/c36-29-6-3-22(17-31(29)38)15-26-20-28(21-27(34(26)43)16-23-4-7-30(37)32(39)18-23)40-35(44)25-5-8-33-24(19-25)9-12-42(33)14-13-41-10-1-2-11-41/h3-9,12,15-19,28H,1-2,10-11,13-14,20-21H2,(H,40,44)/b26-15+,27-16+. The molecule has 2 aliphatic rings. The van der Waals surface area contributed by atoms with Gasteiger partial charge in [-0.05, 0) is 111 Å². The van der Waals surface area contributed by atoms with Crippen LogP contribution < -0.4 is 5.32 Å². The van der Waals surface area contributed by atoms with Gasteiger partial charge in [0.2, 0.25) is 0 Å². The molecule has 1 aromatic heterocycles. The highest BCUT2D eigenvalue weighted by Gasteiger charge is 2.29. The monoisotopic (exact) mass is 601 g/mol. The topological polar surface area (TPSA) is 54.3 Å². The number of nitrogens with zero attached hydrogens (tertiary/aromatic N) is 2. The molecular formula is C35H31F4N3O2. The van der Waals surface area contributed by atoms with Crippen molar-refractivity contribution in [2.45, 2.75) is 38.3 Å². The summed E-state index contributed by atoms with van der Waals surface area (Å²) in [5.74, 6) is -4.82. The zero-order valence-corrected chi connectivity index (χ0v) is 24.0. The van der Waals surface area contributed by atoms with Crippen molar-refractivity contribution in [2.75, 3.05) is 19.6 Å². The van der Waals surface area contributed by atoms with E-state index in [-0.39, 0.29) is 46.8 Å². The number of amides is 1. The second-order valence-electron chi connectivity index (χ2n) is 11.4. The van der Waals surface area contributed by atoms with Gasteiger partial charge in [-0.3, -0.25) is 9.59 Å². The van der Waals surface area contributed by atoms with Gasteiger partial charge in [0, 0.05) is 52.9 Å². The van der Waals surface area contributed by atoms with Crippen LogP contribution in [-0.4, -0.2) is 46.8 Å². The van der Waals surface area contributed by atoms with E-state index in [1.807, 2.05) is 24.4 Å². The Morgan fingerprint density at radius 1 is 0.773 bits per heavy atom. The fourth-order valence-electron chi connectivity index (χ4n) is 6.01. The van der Waals surface area contributed by atoms with Crippen LogP contribution in [0.2, 0.25) is 0 Å². The summed E-state index contributed by atoms with van der Waals surface area (Å²) in [7, 11) is 0. The van der Waals surface area contributed by atoms with Crippen molar-refractivity contribution in [3.63, 3.8) is 0 Å². The number of likely N-dealkylation sites (tertiary alicyclic amines) is 1. The number of Topliss-reactive ketones (excluding diaryl/α,β-unsaturated/α-hetero) is 1. The molecule has 1 aliphatic carbocycles. The SMILES string of the molecule is O=C1/C(=C/c2ccc(F)c(F)c2)CC(NC(=O)c2ccc3c(ccn3CCN3CCCC3)c2)C/C1=C\c1ccc(F)c(F)c1. The highest BCUT2D eigenvalue weighted by atomic mass is 19.2. The van der Waals surface area contributed by atoms with Crippen LogP contribution in [0.25, 0.3) is 23.1 Å². The van der Waals surface area contributed by atoms with Crippen LogP contribution in [0.15, 0.2) is 78.0 Å². The van der Waals surface area contributed by atoms with Gasteiger partial charge in [0.25, 0.3) is 5.91 Å². The smallest absolute Gasteiger partial charge is 0.251 e. The van der Waals surface area contributed by atoms with Gasteiger partial charge in [-0.25, -0.2) is 17.6 Å². The van der Waals surface area contributed by atoms with Gasteiger partial charge >= 0.3 is 0 Å². The molecule has 1 amide bonds. The van der Waals surface area contributed by atoms with Crippen LogP contribution in [0.5, 0.6) is 0 Å². The van der Waals surface area contributed by atoms with Crippen molar-refractivity contribution in [1.82, 2.24) is 14.8 Å². The molecule has 1 saturated carbocycles. The van der Waals surface area contributed by atoms with E-state index in [0.717, 1.165) is 61.3 Å². The number of aromatic nitrogens is 1. The summed E-state index contributed by atoms with van der Waals surface area (Å²) in [5, 5.41) is 3.95. The van der Waals surface area contributed by atoms with Crippen LogP contribution >= 0.6 is 0 Å². The molecule has 2 fully saturated rings. The molecule has 6 rings (SSSR count). The minimum atomic E-state index is -1.05. The molecule has 0 unspecified atom stereocenters.